The second-order valence-corrected chi connectivity index (χ2v) is 6.78. The molecule has 0 saturated carbocycles. The maximum absolute atomic E-state index is 14.3. The van der Waals surface area contributed by atoms with Gasteiger partial charge in [-0.1, -0.05) is 12.1 Å². The number of fused-ring (bicyclic) bond motifs is 1. The number of carbonyl (C=O) groups excluding carboxylic acids is 2. The van der Waals surface area contributed by atoms with E-state index < -0.39 is 64.1 Å². The van der Waals surface area contributed by atoms with Crippen molar-refractivity contribution >= 4 is 17.6 Å². The van der Waals surface area contributed by atoms with E-state index >= 15 is 0 Å². The molecule has 1 aliphatic rings. The first-order chi connectivity index (χ1) is 15.1. The van der Waals surface area contributed by atoms with Gasteiger partial charge in [-0.15, -0.1) is 0 Å². The van der Waals surface area contributed by atoms with E-state index in [-0.39, 0.29) is 5.76 Å². The lowest BCUT2D eigenvalue weighted by atomic mass is 9.91. The highest BCUT2D eigenvalue weighted by atomic mass is 19.4. The van der Waals surface area contributed by atoms with Crippen molar-refractivity contribution in [3.8, 4) is 0 Å². The molecule has 0 fully saturated rings. The van der Waals surface area contributed by atoms with Crippen LogP contribution in [0.5, 0.6) is 0 Å². The predicted octanol–water partition coefficient (Wildman–Crippen LogP) is 1.46. The zero-order valence-corrected chi connectivity index (χ0v) is 15.7. The molecule has 3 heterocycles. The number of furan rings is 1. The first kappa shape index (κ1) is 21.1. The van der Waals surface area contributed by atoms with E-state index in [0.29, 0.717) is 4.57 Å². The van der Waals surface area contributed by atoms with Gasteiger partial charge in [-0.3, -0.25) is 23.9 Å². The normalized spacial score (nSPS) is 17.7. The molecule has 1 aromatic carbocycles. The third-order valence-corrected chi connectivity index (χ3v) is 4.89. The minimum atomic E-state index is -5.54. The van der Waals surface area contributed by atoms with Crippen LogP contribution in [0.4, 0.5) is 23.4 Å². The fraction of sp³-hybridized carbons (Fsp3) is 0.158. The molecular weight excluding hydrogens is 440 g/mol. The predicted molar refractivity (Wildman–Crippen MR) is 99.4 cm³/mol. The Balaban J connectivity index is 1.92. The van der Waals surface area contributed by atoms with E-state index in [0.717, 1.165) is 12.1 Å². The van der Waals surface area contributed by atoms with Crippen LogP contribution in [0.3, 0.4) is 0 Å². The lowest BCUT2D eigenvalue weighted by molar-refractivity contribution is -0.196. The van der Waals surface area contributed by atoms with Crippen LogP contribution >= 0.6 is 0 Å². The Kier molecular flexibility index (Phi) is 4.75. The van der Waals surface area contributed by atoms with Gasteiger partial charge in [-0.05, 0) is 24.3 Å². The third kappa shape index (κ3) is 3.09. The number of hydrogen-bond acceptors (Lipinski definition) is 5. The molecule has 0 radical (unpaired) electrons. The largest absolute Gasteiger partial charge is 0.467 e. The number of benzene rings is 1. The summed E-state index contributed by atoms with van der Waals surface area (Å²) in [7, 11) is 0. The lowest BCUT2D eigenvalue weighted by Gasteiger charge is -2.30. The summed E-state index contributed by atoms with van der Waals surface area (Å²) in [4.78, 5) is 51.6. The van der Waals surface area contributed by atoms with Gasteiger partial charge in [0, 0.05) is 0 Å². The van der Waals surface area contributed by atoms with E-state index in [2.05, 4.69) is 0 Å². The third-order valence-electron chi connectivity index (χ3n) is 4.89. The molecule has 1 aliphatic heterocycles. The minimum absolute atomic E-state index is 0.135. The van der Waals surface area contributed by atoms with Crippen molar-refractivity contribution < 1.29 is 31.6 Å². The second-order valence-electron chi connectivity index (χ2n) is 6.78. The van der Waals surface area contributed by atoms with E-state index in [4.69, 9.17) is 4.42 Å². The zero-order valence-electron chi connectivity index (χ0n) is 15.7. The van der Waals surface area contributed by atoms with Crippen LogP contribution in [0.1, 0.15) is 21.7 Å². The molecule has 0 unspecified atom stereocenters. The van der Waals surface area contributed by atoms with Crippen molar-refractivity contribution in [1.29, 1.82) is 0 Å². The Labute approximate surface area is 174 Å². The van der Waals surface area contributed by atoms with Gasteiger partial charge in [-0.2, -0.15) is 13.2 Å². The molecule has 2 aromatic heterocycles. The van der Waals surface area contributed by atoms with Crippen LogP contribution in [-0.2, 0) is 16.9 Å². The minimum Gasteiger partial charge on any atom is -0.467 e. The van der Waals surface area contributed by atoms with Gasteiger partial charge >= 0.3 is 11.9 Å². The van der Waals surface area contributed by atoms with Gasteiger partial charge in [0.05, 0.1) is 18.4 Å². The molecular formula is C19H12F4N4O5. The van der Waals surface area contributed by atoms with Crippen LogP contribution in [0.25, 0.3) is 0 Å². The molecule has 2 amide bonds. The summed E-state index contributed by atoms with van der Waals surface area (Å²) in [6.45, 7) is -0.430. The molecule has 0 saturated heterocycles. The van der Waals surface area contributed by atoms with Gasteiger partial charge in [0.15, 0.2) is 0 Å². The molecule has 13 heteroatoms. The van der Waals surface area contributed by atoms with E-state index in [1.54, 1.807) is 4.98 Å². The topological polar surface area (TPSA) is 126 Å². The maximum atomic E-state index is 14.3. The average Bonchev–Trinajstić information content (AvgIpc) is 3.32. The number of aromatic amines is 1. The lowest BCUT2D eigenvalue weighted by Crippen LogP contribution is -2.62. The quantitative estimate of drug-likeness (QED) is 0.517. The van der Waals surface area contributed by atoms with Crippen LogP contribution in [0.15, 0.2) is 56.7 Å². The molecule has 9 nitrogen and oxygen atoms in total. The Morgan fingerprint density at radius 1 is 1.12 bits per heavy atom. The average molecular weight is 452 g/mol. The van der Waals surface area contributed by atoms with E-state index in [1.165, 1.54) is 35.8 Å². The summed E-state index contributed by atoms with van der Waals surface area (Å²) < 4.78 is 62.5. The summed E-state index contributed by atoms with van der Waals surface area (Å²) in [6, 6.07) is 7.03. The number of hydrogen-bond donors (Lipinski definition) is 3. The highest BCUT2D eigenvalue weighted by Gasteiger charge is 2.68. The summed E-state index contributed by atoms with van der Waals surface area (Å²) in [5, 5.41) is 3.33. The SMILES string of the molecule is O=C(N[C@@]1(C(F)(F)F)C(=O)Nc2c1c(=O)[nH]c(=O)n2Cc1ccco1)c1ccccc1F. The number of rotatable bonds is 4. The molecule has 3 aromatic rings. The summed E-state index contributed by atoms with van der Waals surface area (Å²) in [5.41, 5.74) is -8.59. The smallest absolute Gasteiger partial charge is 0.425 e. The number of amides is 2. The first-order valence-electron chi connectivity index (χ1n) is 8.91. The monoisotopic (exact) mass is 452 g/mol. The Bertz CT molecular complexity index is 1340. The van der Waals surface area contributed by atoms with Crippen LogP contribution in [0, 0.1) is 5.82 Å². The maximum Gasteiger partial charge on any atom is 0.425 e. The molecule has 4 rings (SSSR count). The first-order valence-corrected chi connectivity index (χ1v) is 8.91. The van der Waals surface area contributed by atoms with Gasteiger partial charge < -0.3 is 15.1 Å². The molecule has 0 aliphatic carbocycles. The number of halogens is 4. The molecule has 32 heavy (non-hydrogen) atoms. The molecule has 3 N–H and O–H groups in total. The summed E-state index contributed by atoms with van der Waals surface area (Å²) >= 11 is 0. The summed E-state index contributed by atoms with van der Waals surface area (Å²) in [6.07, 6.45) is -4.29. The highest BCUT2D eigenvalue weighted by molar-refractivity contribution is 6.09. The fourth-order valence-electron chi connectivity index (χ4n) is 3.42. The van der Waals surface area contributed by atoms with Crippen molar-refractivity contribution in [2.75, 3.05) is 5.32 Å². The molecule has 0 bridgehead atoms. The Morgan fingerprint density at radius 3 is 2.47 bits per heavy atom. The van der Waals surface area contributed by atoms with Crippen molar-refractivity contribution in [1.82, 2.24) is 14.9 Å². The fourth-order valence-corrected chi connectivity index (χ4v) is 3.42. The van der Waals surface area contributed by atoms with Gasteiger partial charge in [0.1, 0.15) is 23.0 Å². The number of aromatic nitrogens is 2. The van der Waals surface area contributed by atoms with Crippen LogP contribution in [0.2, 0.25) is 0 Å². The second kappa shape index (κ2) is 7.21. The van der Waals surface area contributed by atoms with Crippen molar-refractivity contribution in [2.24, 2.45) is 0 Å². The molecule has 1 atom stereocenters. The Hall–Kier alpha value is -4.16. The Morgan fingerprint density at radius 2 is 1.84 bits per heavy atom. The zero-order chi connectivity index (χ0) is 23.3. The van der Waals surface area contributed by atoms with Gasteiger partial charge in [0.25, 0.3) is 22.9 Å². The number of nitrogens with zero attached hydrogens (tertiary/aromatic N) is 1. The van der Waals surface area contributed by atoms with Crippen LogP contribution < -0.4 is 21.9 Å². The van der Waals surface area contributed by atoms with E-state index in [1.807, 2.05) is 5.32 Å². The van der Waals surface area contributed by atoms with Crippen molar-refractivity contribution in [2.45, 2.75) is 18.3 Å². The molecule has 166 valence electrons. The number of alkyl halides is 3. The van der Waals surface area contributed by atoms with Gasteiger partial charge in [0.2, 0.25) is 0 Å². The highest BCUT2D eigenvalue weighted by Crippen LogP contribution is 2.45. The standard InChI is InChI=1S/C19H12F4N4O5/c20-11-6-2-1-5-10(11)14(28)26-18(19(21,22)23)12-13(24-16(18)30)27(17(31)25-15(12)29)8-9-4-3-7-32-9/h1-7H,8H2,(H,24,30)(H,26,28)(H,25,29,31)/t18-/m1/s1. The number of carbonyl (C=O) groups is 2. The number of anilines is 1. The molecule has 0 spiro atoms. The number of nitrogens with one attached hydrogen (secondary N) is 3. The number of H-pyrrole nitrogens is 1. The van der Waals surface area contributed by atoms with E-state index in [9.17, 15) is 36.7 Å². The van der Waals surface area contributed by atoms with Crippen LogP contribution in [-0.4, -0.2) is 27.5 Å². The van der Waals surface area contributed by atoms with Crippen molar-refractivity contribution in [3.63, 3.8) is 0 Å². The van der Waals surface area contributed by atoms with Crippen molar-refractivity contribution in [3.05, 3.63) is 86.2 Å². The van der Waals surface area contributed by atoms with Gasteiger partial charge in [-0.25, -0.2) is 9.18 Å². The summed E-state index contributed by atoms with van der Waals surface area (Å²) in [5.74, 6) is -5.21.